The van der Waals surface area contributed by atoms with Crippen LogP contribution in [0, 0.1) is 0 Å². The third-order valence-electron chi connectivity index (χ3n) is 6.11. The fourth-order valence-electron chi connectivity index (χ4n) is 4.23. The topological polar surface area (TPSA) is 6.48 Å². The van der Waals surface area contributed by atoms with Gasteiger partial charge in [-0.15, -0.1) is 11.3 Å². The van der Waals surface area contributed by atoms with E-state index < -0.39 is 0 Å². The number of thiophene rings is 5. The Kier molecular flexibility index (Phi) is 9.23. The minimum Gasteiger partial charge on any atom is -0.309 e. The van der Waals surface area contributed by atoms with Crippen LogP contribution in [0.15, 0.2) is 127 Å². The maximum absolute atomic E-state index is 6.05. The van der Waals surface area contributed by atoms with E-state index in [4.69, 9.17) is 23.2 Å². The lowest BCUT2D eigenvalue weighted by atomic mass is 10.2. The first-order valence-corrected chi connectivity index (χ1v) is 17.9. The van der Waals surface area contributed by atoms with Crippen LogP contribution in [0.3, 0.4) is 0 Å². The van der Waals surface area contributed by atoms with Crippen LogP contribution in [0.1, 0.15) is 0 Å². The molecular formula is C32H22Cl2N2S5. The quantitative estimate of drug-likeness (QED) is 0.167. The molecule has 0 bridgehead atoms. The predicted octanol–water partition coefficient (Wildman–Crippen LogP) is 13.6. The van der Waals surface area contributed by atoms with E-state index in [1.165, 1.54) is 33.2 Å². The highest BCUT2D eigenvalue weighted by Gasteiger charge is 2.15. The highest BCUT2D eigenvalue weighted by molar-refractivity contribution is 7.14. The van der Waals surface area contributed by atoms with E-state index in [0.717, 1.165) is 21.4 Å². The van der Waals surface area contributed by atoms with Crippen molar-refractivity contribution in [2.75, 3.05) is 9.80 Å². The number of nitrogens with zero attached hydrogens (tertiary/aromatic N) is 2. The Morgan fingerprint density at radius 1 is 0.415 bits per heavy atom. The van der Waals surface area contributed by atoms with Crippen LogP contribution in [-0.2, 0) is 0 Å². The van der Waals surface area contributed by atoms with E-state index in [9.17, 15) is 0 Å². The number of benzene rings is 2. The molecule has 0 saturated carbocycles. The SMILES string of the molecule is Clc1ccc(N(c2ccsc2)c2ccsc2)cc1.Clc1ccc(N(c2ccsc2)c2csc(-c3ccsc3)c2)cc1. The summed E-state index contributed by atoms with van der Waals surface area (Å²) in [4.78, 5) is 5.78. The molecule has 0 unspecified atom stereocenters. The maximum Gasteiger partial charge on any atom is 0.0575 e. The van der Waals surface area contributed by atoms with Crippen LogP contribution in [-0.4, -0.2) is 0 Å². The minimum absolute atomic E-state index is 0.753. The van der Waals surface area contributed by atoms with Gasteiger partial charge in [0.05, 0.1) is 22.7 Å². The maximum atomic E-state index is 6.05. The van der Waals surface area contributed by atoms with E-state index in [0.29, 0.717) is 0 Å². The van der Waals surface area contributed by atoms with Gasteiger partial charge in [0.25, 0.3) is 0 Å². The van der Waals surface area contributed by atoms with Crippen LogP contribution in [0.4, 0.5) is 34.1 Å². The second kappa shape index (κ2) is 13.4. The molecular weight excluding hydrogens is 644 g/mol. The van der Waals surface area contributed by atoms with Crippen LogP contribution >= 0.6 is 79.9 Å². The van der Waals surface area contributed by atoms with Crippen molar-refractivity contribution >= 4 is 114 Å². The number of halogens is 2. The molecule has 0 saturated heterocycles. The smallest absolute Gasteiger partial charge is 0.0575 e. The molecule has 0 radical (unpaired) electrons. The summed E-state index contributed by atoms with van der Waals surface area (Å²) in [5, 5.41) is 20.8. The zero-order chi connectivity index (χ0) is 28.0. The molecule has 7 aromatic rings. The van der Waals surface area contributed by atoms with Crippen LogP contribution < -0.4 is 9.80 Å². The summed E-state index contributed by atoms with van der Waals surface area (Å²) >= 11 is 20.6. The number of hydrogen-bond acceptors (Lipinski definition) is 7. The summed E-state index contributed by atoms with van der Waals surface area (Å²) in [6.45, 7) is 0. The second-order valence-electron chi connectivity index (χ2n) is 8.75. The lowest BCUT2D eigenvalue weighted by Crippen LogP contribution is -2.07. The summed E-state index contributed by atoms with van der Waals surface area (Å²) in [7, 11) is 0. The van der Waals surface area contributed by atoms with Crippen LogP contribution in [0.25, 0.3) is 10.4 Å². The zero-order valence-electron chi connectivity index (χ0n) is 21.4. The summed E-state index contributed by atoms with van der Waals surface area (Å²) in [6.07, 6.45) is 0. The van der Waals surface area contributed by atoms with Gasteiger partial charge in [-0.3, -0.25) is 0 Å². The summed E-state index contributed by atoms with van der Waals surface area (Å²) < 4.78 is 0. The summed E-state index contributed by atoms with van der Waals surface area (Å²) in [6, 6.07) is 26.7. The van der Waals surface area contributed by atoms with Gasteiger partial charge < -0.3 is 9.80 Å². The Morgan fingerprint density at radius 3 is 1.27 bits per heavy atom. The molecule has 5 aromatic heterocycles. The molecule has 204 valence electrons. The molecule has 2 aromatic carbocycles. The third kappa shape index (κ3) is 6.79. The monoisotopic (exact) mass is 664 g/mol. The molecule has 0 aliphatic carbocycles. The van der Waals surface area contributed by atoms with E-state index in [2.05, 4.69) is 101 Å². The van der Waals surface area contributed by atoms with Gasteiger partial charge in [-0.1, -0.05) is 23.2 Å². The molecule has 41 heavy (non-hydrogen) atoms. The average molecular weight is 666 g/mol. The van der Waals surface area contributed by atoms with E-state index >= 15 is 0 Å². The lowest BCUT2D eigenvalue weighted by Gasteiger charge is -2.22. The van der Waals surface area contributed by atoms with Crippen molar-refractivity contribution in [2.45, 2.75) is 0 Å². The molecule has 9 heteroatoms. The van der Waals surface area contributed by atoms with Gasteiger partial charge in [0.15, 0.2) is 0 Å². The van der Waals surface area contributed by atoms with Crippen molar-refractivity contribution < 1.29 is 0 Å². The molecule has 0 atom stereocenters. The summed E-state index contributed by atoms with van der Waals surface area (Å²) in [5.74, 6) is 0. The van der Waals surface area contributed by atoms with Crippen molar-refractivity contribution in [3.63, 3.8) is 0 Å². The molecule has 0 aliphatic rings. The first kappa shape index (κ1) is 28.2. The molecule has 0 amide bonds. The highest BCUT2D eigenvalue weighted by atomic mass is 35.5. The molecule has 0 spiro atoms. The van der Waals surface area contributed by atoms with Crippen molar-refractivity contribution in [3.05, 3.63) is 137 Å². The molecule has 0 fully saturated rings. The Labute approximate surface area is 269 Å². The van der Waals surface area contributed by atoms with Crippen LogP contribution in [0.5, 0.6) is 0 Å². The fraction of sp³-hybridized carbons (Fsp3) is 0. The molecule has 7 rings (SSSR count). The Bertz CT molecular complexity index is 1700. The van der Waals surface area contributed by atoms with E-state index in [-0.39, 0.29) is 0 Å². The van der Waals surface area contributed by atoms with Gasteiger partial charge in [-0.2, -0.15) is 45.3 Å². The lowest BCUT2D eigenvalue weighted by molar-refractivity contribution is 1.31. The van der Waals surface area contributed by atoms with Crippen molar-refractivity contribution in [1.82, 2.24) is 0 Å². The van der Waals surface area contributed by atoms with Gasteiger partial charge in [0.2, 0.25) is 0 Å². The standard InChI is InChI=1S/C18H12ClNS3.C14H10ClNS2/c19-14-1-3-15(4-2-14)20(16-6-8-22-11-16)17-9-18(23-12-17)13-5-7-21-10-13;15-11-1-3-12(4-2-11)16(13-5-7-17-9-13)14-6-8-18-10-14/h1-12H;1-10H. The van der Waals surface area contributed by atoms with Crippen LogP contribution in [0.2, 0.25) is 10.0 Å². The number of rotatable bonds is 7. The number of anilines is 6. The molecule has 2 nitrogen and oxygen atoms in total. The third-order valence-corrected chi connectivity index (χ3v) is 10.3. The van der Waals surface area contributed by atoms with Gasteiger partial charge in [0, 0.05) is 53.4 Å². The van der Waals surface area contributed by atoms with Crippen molar-refractivity contribution in [1.29, 1.82) is 0 Å². The summed E-state index contributed by atoms with van der Waals surface area (Å²) in [5.41, 5.74) is 8.23. The minimum atomic E-state index is 0.753. The molecule has 5 heterocycles. The Morgan fingerprint density at radius 2 is 0.854 bits per heavy atom. The molecule has 0 N–H and O–H groups in total. The fourth-order valence-corrected chi connectivity index (χ4v) is 7.94. The van der Waals surface area contributed by atoms with Crippen molar-refractivity contribution in [3.8, 4) is 10.4 Å². The normalized spacial score (nSPS) is 10.7. The highest BCUT2D eigenvalue weighted by Crippen LogP contribution is 2.41. The van der Waals surface area contributed by atoms with Gasteiger partial charge >= 0.3 is 0 Å². The largest absolute Gasteiger partial charge is 0.309 e. The second-order valence-corrected chi connectivity index (χ2v) is 13.7. The van der Waals surface area contributed by atoms with E-state index in [1.807, 2.05) is 36.4 Å². The van der Waals surface area contributed by atoms with Crippen molar-refractivity contribution in [2.24, 2.45) is 0 Å². The van der Waals surface area contributed by atoms with E-state index in [1.54, 1.807) is 56.7 Å². The Balaban J connectivity index is 0.000000152. The Hall–Kier alpha value is -2.88. The van der Waals surface area contributed by atoms with Gasteiger partial charge in [-0.25, -0.2) is 0 Å². The van der Waals surface area contributed by atoms with Gasteiger partial charge in [0.1, 0.15) is 0 Å². The zero-order valence-corrected chi connectivity index (χ0v) is 27.0. The average Bonchev–Trinajstić information content (AvgIpc) is 3.82. The molecule has 0 aliphatic heterocycles. The van der Waals surface area contributed by atoms with Gasteiger partial charge in [-0.05, 0) is 106 Å². The first-order chi connectivity index (χ1) is 20.2. The predicted molar refractivity (Wildman–Crippen MR) is 187 cm³/mol. The first-order valence-electron chi connectivity index (χ1n) is 12.4. The number of hydrogen-bond donors (Lipinski definition) is 0.